The first-order valence-electron chi connectivity index (χ1n) is 32.1. The lowest BCUT2D eigenvalue weighted by Gasteiger charge is -2.35. The van der Waals surface area contributed by atoms with E-state index in [1.807, 2.05) is 13.8 Å². The van der Waals surface area contributed by atoms with Gasteiger partial charge in [0.25, 0.3) is 0 Å². The number of phenolic OH excluding ortho intramolecular Hbond substituents is 1. The van der Waals surface area contributed by atoms with Gasteiger partial charge in [0.15, 0.2) is 0 Å². The Balaban J connectivity index is 1.24. The summed E-state index contributed by atoms with van der Waals surface area (Å²) in [5, 5.41) is 50.3. The lowest BCUT2D eigenvalue weighted by Crippen LogP contribution is -2.60. The van der Waals surface area contributed by atoms with Crippen LogP contribution in [0.2, 0.25) is 0 Å². The molecule has 12 atom stereocenters. The smallest absolute Gasteiger partial charge is 0.326 e. The number of nitrogens with zero attached hydrogens (tertiary/aromatic N) is 4. The molecule has 3 aliphatic rings. The number of nitrogens with one attached hydrogen (secondary N) is 10. The number of phenols is 1. The number of carboxylic acid groups (broad SMARTS) is 2. The van der Waals surface area contributed by atoms with Gasteiger partial charge >= 0.3 is 11.9 Å². The zero-order chi connectivity index (χ0) is 73.5. The van der Waals surface area contributed by atoms with Gasteiger partial charge in [0, 0.05) is 50.8 Å². The first-order valence-corrected chi connectivity index (χ1v) is 32.1. The van der Waals surface area contributed by atoms with Crippen LogP contribution in [-0.4, -0.2) is 239 Å². The van der Waals surface area contributed by atoms with E-state index in [4.69, 9.17) is 22.9 Å². The first kappa shape index (κ1) is 78.9. The number of carbonyl (C=O) groups excluding carboxylic acids is 15. The molecule has 99 heavy (non-hydrogen) atoms. The van der Waals surface area contributed by atoms with Gasteiger partial charge in [-0.2, -0.15) is 0 Å². The fourth-order valence-electron chi connectivity index (χ4n) is 11.4. The van der Waals surface area contributed by atoms with Gasteiger partial charge in [0.2, 0.25) is 88.6 Å². The third kappa shape index (κ3) is 24.0. The molecule has 1 aromatic carbocycles. The molecule has 0 unspecified atom stereocenters. The zero-order valence-corrected chi connectivity index (χ0v) is 55.1. The van der Waals surface area contributed by atoms with Gasteiger partial charge in [-0.3, -0.25) is 76.7 Å². The number of aromatic nitrogens is 2. The summed E-state index contributed by atoms with van der Waals surface area (Å²) in [6, 6.07) is -11.9. The minimum absolute atomic E-state index is 0.0311. The molecule has 2 aromatic rings. The number of hydrogen-bond donors (Lipinski definition) is 17. The summed E-state index contributed by atoms with van der Waals surface area (Å²) in [7, 11) is 0. The Labute approximate surface area is 567 Å². The number of rotatable bonds is 37. The molecule has 542 valence electrons. The second kappa shape index (κ2) is 37.1. The molecular weight excluding hydrogens is 1300 g/mol. The van der Waals surface area contributed by atoms with Crippen molar-refractivity contribution >= 4 is 101 Å². The number of nitrogens with two attached hydrogens (primary N) is 4. The Morgan fingerprint density at radius 1 is 0.545 bits per heavy atom. The number of benzene rings is 1. The van der Waals surface area contributed by atoms with Crippen molar-refractivity contribution in [2.24, 2.45) is 28.9 Å². The summed E-state index contributed by atoms with van der Waals surface area (Å²) in [6.07, 6.45) is 0.362. The number of hydrogen-bond acceptors (Lipinski definition) is 20. The normalized spacial score (nSPS) is 18.4. The molecule has 0 radical (unpaired) electrons. The topological polar surface area (TPSA) is 602 Å². The van der Waals surface area contributed by atoms with Crippen LogP contribution in [0, 0.1) is 5.92 Å². The van der Waals surface area contributed by atoms with Gasteiger partial charge < -0.3 is 106 Å². The summed E-state index contributed by atoms with van der Waals surface area (Å²) in [5.41, 5.74) is 22.5. The van der Waals surface area contributed by atoms with Crippen molar-refractivity contribution in [2.45, 2.75) is 190 Å². The van der Waals surface area contributed by atoms with E-state index in [0.29, 0.717) is 24.8 Å². The number of carboxylic acids is 2. The Morgan fingerprint density at radius 2 is 1.03 bits per heavy atom. The molecule has 0 spiro atoms. The summed E-state index contributed by atoms with van der Waals surface area (Å²) < 4.78 is 0. The lowest BCUT2D eigenvalue weighted by atomic mass is 10.0. The van der Waals surface area contributed by atoms with E-state index in [1.54, 1.807) is 0 Å². The molecule has 3 fully saturated rings. The van der Waals surface area contributed by atoms with Crippen molar-refractivity contribution < 1.29 is 96.8 Å². The Hall–Kier alpha value is -10.8. The van der Waals surface area contributed by atoms with E-state index in [0.717, 1.165) is 6.92 Å². The average molecular weight is 1390 g/mol. The van der Waals surface area contributed by atoms with Crippen LogP contribution >= 0.6 is 0 Å². The first-order chi connectivity index (χ1) is 46.6. The van der Waals surface area contributed by atoms with E-state index in [2.05, 4.69) is 57.8 Å². The number of carbonyl (C=O) groups is 17. The highest BCUT2D eigenvalue weighted by atomic mass is 16.4. The summed E-state index contributed by atoms with van der Waals surface area (Å²) >= 11 is 0. The second-order valence-electron chi connectivity index (χ2n) is 24.8. The molecule has 3 aliphatic heterocycles. The predicted octanol–water partition coefficient (Wildman–Crippen LogP) is -7.14. The second-order valence-corrected chi connectivity index (χ2v) is 24.8. The van der Waals surface area contributed by atoms with Crippen molar-refractivity contribution in [2.75, 3.05) is 26.2 Å². The molecule has 0 bridgehead atoms. The Kier molecular flexibility index (Phi) is 29.5. The van der Waals surface area contributed by atoms with E-state index in [-0.39, 0.29) is 75.5 Å². The minimum atomic E-state index is -1.96. The van der Waals surface area contributed by atoms with Crippen molar-refractivity contribution in [1.29, 1.82) is 0 Å². The van der Waals surface area contributed by atoms with Crippen LogP contribution in [0.5, 0.6) is 5.75 Å². The number of likely N-dealkylation sites (tertiary alicyclic amines) is 3. The van der Waals surface area contributed by atoms with Crippen molar-refractivity contribution in [3.63, 3.8) is 0 Å². The van der Waals surface area contributed by atoms with Crippen LogP contribution in [0.3, 0.4) is 0 Å². The molecule has 3 saturated heterocycles. The van der Waals surface area contributed by atoms with Gasteiger partial charge in [0.05, 0.1) is 38.2 Å². The van der Waals surface area contributed by atoms with Crippen LogP contribution in [0.4, 0.5) is 0 Å². The van der Waals surface area contributed by atoms with Gasteiger partial charge in [-0.1, -0.05) is 26.0 Å². The molecule has 38 heteroatoms. The van der Waals surface area contributed by atoms with Gasteiger partial charge in [-0.05, 0) is 88.8 Å². The lowest BCUT2D eigenvalue weighted by molar-refractivity contribution is -0.151. The molecule has 1 aromatic heterocycles. The number of amides is 15. The molecular formula is C61H88N18O20. The number of aromatic hydroxyl groups is 1. The standard InChI is InChI=1S/C61H88N18O20/c1-29(2)20-35(62)52(89)76-41(24-47(65)83)58(95)78-18-6-9-43(78)60(97)79-19-7-10-44(79)59(96)77-17-5-8-42(77)57(94)75-37(21-32-11-13-34(80)14-12-32)54(91)70-31(4)51(88)73-40(25-49(85)86)56(93)74-38(22-33-26-66-28-68-33)53(90)67-27-48(84)69-30(3)50(87)72-39(23-46(64)82)55(92)71-36(61(98)99)15-16-45(63)81/h11-14,26,28-31,35-44,80H,5-10,15-25,27,62H2,1-4H3,(H2,63,81)(H2,64,82)(H2,65,83)(H,66,68)(H,67,90)(H,69,84)(H,70,91)(H,71,92)(H,72,87)(H,73,88)(H,74,93)(H,75,94)(H,76,89)(H,85,86)(H,98,99)/t30-,31-,35-,36-,37-,38-,39-,40-,41-,42-,43-,44-/m0/s1. The zero-order valence-electron chi connectivity index (χ0n) is 55.1. The van der Waals surface area contributed by atoms with Crippen molar-refractivity contribution in [3.05, 3.63) is 48.0 Å². The van der Waals surface area contributed by atoms with E-state index < -0.39 is 212 Å². The molecule has 0 saturated carbocycles. The minimum Gasteiger partial charge on any atom is -0.508 e. The highest BCUT2D eigenvalue weighted by molar-refractivity contribution is 6.01. The molecule has 21 N–H and O–H groups in total. The maximum atomic E-state index is 14.6. The molecule has 4 heterocycles. The maximum Gasteiger partial charge on any atom is 0.326 e. The third-order valence-electron chi connectivity index (χ3n) is 16.5. The highest BCUT2D eigenvalue weighted by Crippen LogP contribution is 2.29. The van der Waals surface area contributed by atoms with E-state index in [9.17, 15) is 96.8 Å². The maximum absolute atomic E-state index is 14.6. The Morgan fingerprint density at radius 3 is 1.57 bits per heavy atom. The number of H-pyrrole nitrogens is 1. The predicted molar refractivity (Wildman–Crippen MR) is 341 cm³/mol. The third-order valence-corrected chi connectivity index (χ3v) is 16.5. The van der Waals surface area contributed by atoms with Crippen LogP contribution < -0.4 is 70.8 Å². The molecule has 0 aliphatic carbocycles. The van der Waals surface area contributed by atoms with Gasteiger partial charge in [-0.25, -0.2) is 9.78 Å². The van der Waals surface area contributed by atoms with Gasteiger partial charge in [0.1, 0.15) is 72.2 Å². The molecule has 5 rings (SSSR count). The number of primary amides is 3. The molecule has 15 amide bonds. The number of aliphatic carboxylic acids is 2. The Bertz CT molecular complexity index is 3330. The van der Waals surface area contributed by atoms with Crippen molar-refractivity contribution in [3.8, 4) is 5.75 Å². The van der Waals surface area contributed by atoms with Crippen LogP contribution in [0.1, 0.15) is 116 Å². The largest absolute Gasteiger partial charge is 0.508 e. The molecule has 38 nitrogen and oxygen atoms in total. The average Bonchev–Trinajstić information content (AvgIpc) is 1.66. The SMILES string of the molecule is CC(C)C[C@H](N)C(=O)N[C@@H](CC(N)=O)C(=O)N1CCC[C@H]1C(=O)N1CCC[C@H]1C(=O)N1CCC[C@H]1C(=O)N[C@@H](Cc1ccc(O)cc1)C(=O)N[C@@H](C)C(=O)N[C@@H](CC(=O)O)C(=O)N[C@@H](Cc1cnc[nH]1)C(=O)NCC(=O)N[C@@H](C)C(=O)N[C@@H](CC(N)=O)C(=O)N[C@@H](CCC(N)=O)C(=O)O. The summed E-state index contributed by atoms with van der Waals surface area (Å²) in [5.74, 6) is -17.3. The van der Waals surface area contributed by atoms with Crippen molar-refractivity contribution in [1.82, 2.24) is 72.5 Å². The van der Waals surface area contributed by atoms with Crippen LogP contribution in [0.15, 0.2) is 36.8 Å². The number of imidazole rings is 1. The summed E-state index contributed by atoms with van der Waals surface area (Å²) in [4.78, 5) is 235. The summed E-state index contributed by atoms with van der Waals surface area (Å²) in [6.45, 7) is 5.41. The monoisotopic (exact) mass is 1390 g/mol. The fraction of sp³-hybridized carbons (Fsp3) is 0.574. The number of aromatic amines is 1. The van der Waals surface area contributed by atoms with E-state index >= 15 is 0 Å². The van der Waals surface area contributed by atoms with Crippen LogP contribution in [-0.2, 0) is 94.3 Å². The highest BCUT2D eigenvalue weighted by Gasteiger charge is 2.47. The van der Waals surface area contributed by atoms with Crippen LogP contribution in [0.25, 0.3) is 0 Å². The fourth-order valence-corrected chi connectivity index (χ4v) is 11.4. The quantitative estimate of drug-likeness (QED) is 0.0299. The van der Waals surface area contributed by atoms with Gasteiger partial charge in [-0.15, -0.1) is 0 Å². The van der Waals surface area contributed by atoms with E-state index in [1.165, 1.54) is 58.4 Å².